The van der Waals surface area contributed by atoms with Crippen LogP contribution in [0.4, 0.5) is 0 Å². The maximum atomic E-state index is 11.8. The van der Waals surface area contributed by atoms with Crippen LogP contribution < -0.4 is 10.1 Å². The highest BCUT2D eigenvalue weighted by molar-refractivity contribution is 5.84. The number of amides is 1. The molecule has 6 heteroatoms. The number of nitrogens with zero attached hydrogens (tertiary/aromatic N) is 1. The van der Waals surface area contributed by atoms with Crippen molar-refractivity contribution in [2.75, 3.05) is 13.7 Å². The van der Waals surface area contributed by atoms with Gasteiger partial charge in [0.2, 0.25) is 5.91 Å². The van der Waals surface area contributed by atoms with Crippen molar-refractivity contribution in [2.24, 2.45) is 0 Å². The van der Waals surface area contributed by atoms with Crippen LogP contribution in [-0.2, 0) is 16.1 Å². The molecule has 112 valence electrons. The monoisotopic (exact) mass is 290 g/mol. The second kappa shape index (κ2) is 6.78. The molecule has 21 heavy (non-hydrogen) atoms. The number of carbonyl (C=O) groups excluding carboxylic acids is 1. The lowest BCUT2D eigenvalue weighted by atomic mass is 10.2. The quantitative estimate of drug-likeness (QED) is 0.759. The minimum absolute atomic E-state index is 0.0620. The number of methoxy groups -OCH3 is 1. The number of carboxylic acid groups (broad SMARTS) is 1. The average Bonchev–Trinajstić information content (AvgIpc) is 2.85. The van der Waals surface area contributed by atoms with Crippen molar-refractivity contribution in [1.82, 2.24) is 9.88 Å². The summed E-state index contributed by atoms with van der Waals surface area (Å²) in [5, 5.41) is 12.2. The van der Waals surface area contributed by atoms with Crippen molar-refractivity contribution in [3.63, 3.8) is 0 Å². The molecule has 0 aliphatic heterocycles. The smallest absolute Gasteiger partial charge is 0.303 e. The maximum Gasteiger partial charge on any atom is 0.303 e. The molecule has 1 amide bonds. The molecular weight excluding hydrogens is 272 g/mol. The summed E-state index contributed by atoms with van der Waals surface area (Å²) < 4.78 is 7.01. The Morgan fingerprint density at radius 2 is 2.14 bits per heavy atom. The van der Waals surface area contributed by atoms with Crippen molar-refractivity contribution in [1.29, 1.82) is 0 Å². The molecule has 0 aliphatic carbocycles. The van der Waals surface area contributed by atoms with E-state index in [9.17, 15) is 9.59 Å². The number of hydrogen-bond donors (Lipinski definition) is 2. The highest BCUT2D eigenvalue weighted by Gasteiger charge is 2.07. The molecule has 1 aromatic heterocycles. The fourth-order valence-corrected chi connectivity index (χ4v) is 2.12. The second-order valence-corrected chi connectivity index (χ2v) is 4.72. The van der Waals surface area contributed by atoms with Gasteiger partial charge in [-0.3, -0.25) is 9.59 Å². The van der Waals surface area contributed by atoms with Gasteiger partial charge in [0.15, 0.2) is 0 Å². The lowest BCUT2D eigenvalue weighted by Gasteiger charge is -2.07. The van der Waals surface area contributed by atoms with Crippen molar-refractivity contribution in [3.8, 4) is 5.75 Å². The van der Waals surface area contributed by atoms with E-state index in [0.29, 0.717) is 13.0 Å². The Morgan fingerprint density at radius 1 is 1.33 bits per heavy atom. The molecule has 6 nitrogen and oxygen atoms in total. The minimum atomic E-state index is -0.852. The molecule has 1 heterocycles. The molecule has 0 aliphatic rings. The molecule has 1 aromatic carbocycles. The first-order chi connectivity index (χ1) is 10.1. The van der Waals surface area contributed by atoms with Gasteiger partial charge < -0.3 is 19.7 Å². The zero-order valence-electron chi connectivity index (χ0n) is 11.8. The number of carbonyl (C=O) groups is 2. The van der Waals surface area contributed by atoms with Gasteiger partial charge >= 0.3 is 5.97 Å². The van der Waals surface area contributed by atoms with Crippen LogP contribution in [0.15, 0.2) is 30.5 Å². The van der Waals surface area contributed by atoms with Gasteiger partial charge in [-0.15, -0.1) is 0 Å². The van der Waals surface area contributed by atoms with Crippen LogP contribution in [0.25, 0.3) is 10.9 Å². The minimum Gasteiger partial charge on any atom is -0.497 e. The molecule has 2 N–H and O–H groups in total. The third kappa shape index (κ3) is 3.98. The lowest BCUT2D eigenvalue weighted by Crippen LogP contribution is -2.28. The van der Waals surface area contributed by atoms with Crippen LogP contribution in [0.2, 0.25) is 0 Å². The lowest BCUT2D eigenvalue weighted by molar-refractivity contribution is -0.137. The van der Waals surface area contributed by atoms with E-state index in [2.05, 4.69) is 5.32 Å². The summed E-state index contributed by atoms with van der Waals surface area (Å²) >= 11 is 0. The van der Waals surface area contributed by atoms with E-state index in [-0.39, 0.29) is 18.9 Å². The average molecular weight is 290 g/mol. The fourth-order valence-electron chi connectivity index (χ4n) is 2.12. The number of hydrogen-bond acceptors (Lipinski definition) is 3. The predicted octanol–water partition coefficient (Wildman–Crippen LogP) is 1.63. The normalized spacial score (nSPS) is 10.5. The number of ether oxygens (including phenoxy) is 1. The third-order valence-electron chi connectivity index (χ3n) is 3.18. The first-order valence-corrected chi connectivity index (χ1v) is 6.71. The van der Waals surface area contributed by atoms with Crippen LogP contribution in [0.1, 0.15) is 12.8 Å². The van der Waals surface area contributed by atoms with E-state index in [1.54, 1.807) is 7.11 Å². The van der Waals surface area contributed by atoms with Gasteiger partial charge in [0.05, 0.1) is 7.11 Å². The Morgan fingerprint density at radius 3 is 2.86 bits per heavy atom. The van der Waals surface area contributed by atoms with Crippen LogP contribution in [0.5, 0.6) is 5.75 Å². The summed E-state index contributed by atoms with van der Waals surface area (Å²) in [6.07, 6.45) is 2.35. The van der Waals surface area contributed by atoms with Gasteiger partial charge in [0.25, 0.3) is 0 Å². The predicted molar refractivity (Wildman–Crippen MR) is 78.4 cm³/mol. The number of fused-ring (bicyclic) bond motifs is 1. The highest BCUT2D eigenvalue weighted by Crippen LogP contribution is 2.21. The topological polar surface area (TPSA) is 80.6 Å². The summed E-state index contributed by atoms with van der Waals surface area (Å²) in [5.74, 6) is -0.207. The largest absolute Gasteiger partial charge is 0.497 e. The van der Waals surface area contributed by atoms with Crippen LogP contribution in [0, 0.1) is 0 Å². The molecule has 0 atom stereocenters. The van der Waals surface area contributed by atoms with E-state index >= 15 is 0 Å². The van der Waals surface area contributed by atoms with Crippen molar-refractivity contribution >= 4 is 22.8 Å². The van der Waals surface area contributed by atoms with Gasteiger partial charge in [0, 0.05) is 30.1 Å². The molecule has 0 saturated carbocycles. The summed E-state index contributed by atoms with van der Waals surface area (Å²) in [4.78, 5) is 22.2. The van der Waals surface area contributed by atoms with Gasteiger partial charge in [-0.2, -0.15) is 0 Å². The van der Waals surface area contributed by atoms with E-state index in [4.69, 9.17) is 9.84 Å². The van der Waals surface area contributed by atoms with E-state index < -0.39 is 5.97 Å². The molecular formula is C15H18N2O4. The molecule has 2 aromatic rings. The Hall–Kier alpha value is -2.50. The molecule has 0 spiro atoms. The number of nitrogens with one attached hydrogen (secondary N) is 1. The number of rotatable bonds is 7. The van der Waals surface area contributed by atoms with Crippen molar-refractivity contribution in [2.45, 2.75) is 19.4 Å². The highest BCUT2D eigenvalue weighted by atomic mass is 16.5. The molecule has 0 radical (unpaired) electrons. The standard InChI is InChI=1S/C15H18N2O4/c1-21-12-4-5-13-11(9-12)6-8-17(13)10-14(18)16-7-2-3-15(19)20/h4-6,8-9H,2-3,7,10H2,1H3,(H,16,18)(H,19,20). The molecule has 2 rings (SSSR count). The van der Waals surface area contributed by atoms with Crippen LogP contribution >= 0.6 is 0 Å². The van der Waals surface area contributed by atoms with Gasteiger partial charge in [-0.05, 0) is 30.7 Å². The van der Waals surface area contributed by atoms with Crippen LogP contribution in [0.3, 0.4) is 0 Å². The first kappa shape index (κ1) is 14.9. The van der Waals surface area contributed by atoms with Gasteiger partial charge in [-0.25, -0.2) is 0 Å². The molecule has 0 unspecified atom stereocenters. The fraction of sp³-hybridized carbons (Fsp3) is 0.333. The Bertz CT molecular complexity index is 648. The zero-order valence-corrected chi connectivity index (χ0v) is 11.8. The zero-order chi connectivity index (χ0) is 15.2. The van der Waals surface area contributed by atoms with Gasteiger partial charge in [0.1, 0.15) is 12.3 Å². The molecule has 0 fully saturated rings. The van der Waals surface area contributed by atoms with E-state index in [1.807, 2.05) is 35.0 Å². The Labute approximate surface area is 122 Å². The number of aliphatic carboxylic acids is 1. The third-order valence-corrected chi connectivity index (χ3v) is 3.18. The molecule has 0 saturated heterocycles. The number of aromatic nitrogens is 1. The van der Waals surface area contributed by atoms with Gasteiger partial charge in [-0.1, -0.05) is 0 Å². The summed E-state index contributed by atoms with van der Waals surface area (Å²) in [6.45, 7) is 0.584. The SMILES string of the molecule is COc1ccc2c(ccn2CC(=O)NCCCC(=O)O)c1. The number of carboxylic acids is 1. The van der Waals surface area contributed by atoms with E-state index in [0.717, 1.165) is 16.7 Å². The number of benzene rings is 1. The Kier molecular flexibility index (Phi) is 4.81. The second-order valence-electron chi connectivity index (χ2n) is 4.72. The molecule has 0 bridgehead atoms. The summed E-state index contributed by atoms with van der Waals surface area (Å²) in [6, 6.07) is 7.60. The first-order valence-electron chi connectivity index (χ1n) is 6.71. The summed E-state index contributed by atoms with van der Waals surface area (Å²) in [7, 11) is 1.61. The Balaban J connectivity index is 1.93. The summed E-state index contributed by atoms with van der Waals surface area (Å²) in [5.41, 5.74) is 0.955. The van der Waals surface area contributed by atoms with Crippen molar-refractivity contribution in [3.05, 3.63) is 30.5 Å². The van der Waals surface area contributed by atoms with Crippen molar-refractivity contribution < 1.29 is 19.4 Å². The maximum absolute atomic E-state index is 11.8. The van der Waals surface area contributed by atoms with Crippen LogP contribution in [-0.4, -0.2) is 35.2 Å². The van der Waals surface area contributed by atoms with E-state index in [1.165, 1.54) is 0 Å².